The Morgan fingerprint density at radius 2 is 1.97 bits per heavy atom. The average Bonchev–Trinajstić information content (AvgIpc) is 3.41. The van der Waals surface area contributed by atoms with Gasteiger partial charge < -0.3 is 30.6 Å². The number of hydrogen-bond acceptors (Lipinski definition) is 6. The molecule has 1 aromatic carbocycles. The molecule has 1 aliphatic rings. The topological polar surface area (TPSA) is 132 Å². The van der Waals surface area contributed by atoms with Gasteiger partial charge in [-0.15, -0.1) is 0 Å². The SMILES string of the molecule is C.CC1CCN(C(=O)Cn2cnc(NC(=O)[C@@H](COCc3ccccc3)NC(=O)C(C)(C)N)c2)C1. The van der Waals surface area contributed by atoms with Crippen LogP contribution in [0.1, 0.15) is 40.2 Å². The lowest BCUT2D eigenvalue weighted by Gasteiger charge is -2.23. The zero-order valence-electron chi connectivity index (χ0n) is 20.0. The minimum absolute atomic E-state index is 0. The molecule has 3 rings (SSSR count). The van der Waals surface area contributed by atoms with Crippen LogP contribution in [0.25, 0.3) is 0 Å². The van der Waals surface area contributed by atoms with Gasteiger partial charge in [0.05, 0.1) is 25.1 Å². The van der Waals surface area contributed by atoms with Crippen molar-refractivity contribution in [3.8, 4) is 0 Å². The molecule has 10 nitrogen and oxygen atoms in total. The number of likely N-dealkylation sites (tertiary alicyclic amines) is 1. The second kappa shape index (κ2) is 12.5. The lowest BCUT2D eigenvalue weighted by atomic mass is 10.1. The summed E-state index contributed by atoms with van der Waals surface area (Å²) < 4.78 is 7.31. The molecule has 192 valence electrons. The van der Waals surface area contributed by atoms with Gasteiger partial charge in [0.25, 0.3) is 5.91 Å². The molecule has 1 fully saturated rings. The number of hydrogen-bond donors (Lipinski definition) is 3. The normalized spacial score (nSPS) is 16.3. The van der Waals surface area contributed by atoms with Crippen molar-refractivity contribution in [2.45, 2.75) is 59.4 Å². The summed E-state index contributed by atoms with van der Waals surface area (Å²) in [5.41, 5.74) is 5.66. The number of rotatable bonds is 10. The summed E-state index contributed by atoms with van der Waals surface area (Å²) in [5, 5.41) is 5.33. The van der Waals surface area contributed by atoms with Crippen LogP contribution >= 0.6 is 0 Å². The van der Waals surface area contributed by atoms with Crippen molar-refractivity contribution < 1.29 is 19.1 Å². The molecule has 0 bridgehead atoms. The predicted molar refractivity (Wildman–Crippen MR) is 134 cm³/mol. The summed E-state index contributed by atoms with van der Waals surface area (Å²) in [6, 6.07) is 8.54. The fraction of sp³-hybridized carbons (Fsp3) is 0.520. The van der Waals surface area contributed by atoms with Crippen molar-refractivity contribution in [3.05, 3.63) is 48.4 Å². The molecule has 1 saturated heterocycles. The smallest absolute Gasteiger partial charge is 0.250 e. The number of amides is 3. The summed E-state index contributed by atoms with van der Waals surface area (Å²) in [6.07, 6.45) is 4.09. The first kappa shape index (κ1) is 28.0. The maximum atomic E-state index is 12.9. The van der Waals surface area contributed by atoms with E-state index in [1.165, 1.54) is 6.33 Å². The van der Waals surface area contributed by atoms with Crippen LogP contribution in [0.3, 0.4) is 0 Å². The molecule has 0 spiro atoms. The van der Waals surface area contributed by atoms with Gasteiger partial charge in [-0.1, -0.05) is 44.7 Å². The molecule has 3 amide bonds. The highest BCUT2D eigenvalue weighted by molar-refractivity contribution is 5.98. The highest BCUT2D eigenvalue weighted by Crippen LogP contribution is 2.16. The molecule has 0 aliphatic carbocycles. The van der Waals surface area contributed by atoms with Crippen LogP contribution in [0, 0.1) is 5.92 Å². The Balaban J connectivity index is 0.00000432. The average molecular weight is 487 g/mol. The predicted octanol–water partition coefficient (Wildman–Crippen LogP) is 1.77. The Labute approximate surface area is 207 Å². The van der Waals surface area contributed by atoms with Crippen molar-refractivity contribution >= 4 is 23.5 Å². The molecule has 2 atom stereocenters. The van der Waals surface area contributed by atoms with Gasteiger partial charge in [0.15, 0.2) is 5.82 Å². The third-order valence-corrected chi connectivity index (χ3v) is 5.58. The van der Waals surface area contributed by atoms with Crippen LogP contribution in [-0.4, -0.2) is 63.4 Å². The van der Waals surface area contributed by atoms with Crippen LogP contribution < -0.4 is 16.4 Å². The number of carbonyl (C=O) groups excluding carboxylic acids is 3. The van der Waals surface area contributed by atoms with Gasteiger partial charge in [0.2, 0.25) is 11.8 Å². The molecule has 1 unspecified atom stereocenters. The Morgan fingerprint density at radius 1 is 1.26 bits per heavy atom. The monoisotopic (exact) mass is 486 g/mol. The summed E-state index contributed by atoms with van der Waals surface area (Å²) in [6.45, 7) is 7.16. The molecular weight excluding hydrogens is 448 g/mol. The summed E-state index contributed by atoms with van der Waals surface area (Å²) in [5.74, 6) is -0.162. The summed E-state index contributed by atoms with van der Waals surface area (Å²) >= 11 is 0. The van der Waals surface area contributed by atoms with Crippen molar-refractivity contribution in [3.63, 3.8) is 0 Å². The number of benzene rings is 1. The van der Waals surface area contributed by atoms with E-state index in [9.17, 15) is 14.4 Å². The van der Waals surface area contributed by atoms with Gasteiger partial charge in [-0.2, -0.15) is 0 Å². The maximum absolute atomic E-state index is 12.9. The van der Waals surface area contributed by atoms with E-state index in [1.54, 1.807) is 24.6 Å². The van der Waals surface area contributed by atoms with Crippen LogP contribution in [0.2, 0.25) is 0 Å². The van der Waals surface area contributed by atoms with Gasteiger partial charge in [-0.3, -0.25) is 14.4 Å². The Kier molecular flexibility index (Phi) is 9.97. The van der Waals surface area contributed by atoms with E-state index in [1.807, 2.05) is 35.2 Å². The molecule has 10 heteroatoms. The van der Waals surface area contributed by atoms with E-state index in [2.05, 4.69) is 22.5 Å². The fourth-order valence-corrected chi connectivity index (χ4v) is 3.54. The van der Waals surface area contributed by atoms with Crippen molar-refractivity contribution in [2.24, 2.45) is 11.7 Å². The summed E-state index contributed by atoms with van der Waals surface area (Å²) in [7, 11) is 0. The summed E-state index contributed by atoms with van der Waals surface area (Å²) in [4.78, 5) is 43.8. The van der Waals surface area contributed by atoms with E-state index >= 15 is 0 Å². The molecule has 1 aromatic heterocycles. The molecule has 35 heavy (non-hydrogen) atoms. The highest BCUT2D eigenvalue weighted by atomic mass is 16.5. The van der Waals surface area contributed by atoms with Crippen LogP contribution in [0.5, 0.6) is 0 Å². The molecule has 0 saturated carbocycles. The number of nitrogens with zero attached hydrogens (tertiary/aromatic N) is 3. The lowest BCUT2D eigenvalue weighted by molar-refractivity contribution is -0.131. The zero-order chi connectivity index (χ0) is 24.7. The second-order valence-electron chi connectivity index (χ2n) is 9.40. The highest BCUT2D eigenvalue weighted by Gasteiger charge is 2.29. The third kappa shape index (κ3) is 8.48. The van der Waals surface area contributed by atoms with Crippen LogP contribution in [0.15, 0.2) is 42.9 Å². The molecule has 1 aliphatic heterocycles. The minimum atomic E-state index is -1.16. The van der Waals surface area contributed by atoms with Gasteiger partial charge in [0, 0.05) is 19.3 Å². The van der Waals surface area contributed by atoms with Gasteiger partial charge >= 0.3 is 0 Å². The van der Waals surface area contributed by atoms with Crippen LogP contribution in [0.4, 0.5) is 5.82 Å². The standard InChI is InChI=1S/C24H34N6O4.CH4/c1-17-9-10-30(11-17)21(31)13-29-12-20(26-16-29)28-22(32)19(27-23(33)24(2,3)25)15-34-14-18-7-5-4-6-8-18;/h4-8,12,16-17,19H,9-11,13-15,25H2,1-3H3,(H,27,33)(H,28,32);1H4/t17?,19-;/m1./s1. The van der Waals surface area contributed by atoms with Crippen molar-refractivity contribution in [1.82, 2.24) is 19.8 Å². The van der Waals surface area contributed by atoms with E-state index in [0.717, 1.165) is 25.1 Å². The van der Waals surface area contributed by atoms with E-state index in [-0.39, 0.29) is 32.3 Å². The van der Waals surface area contributed by atoms with Gasteiger partial charge in [0.1, 0.15) is 12.6 Å². The molecule has 2 heterocycles. The van der Waals surface area contributed by atoms with Gasteiger partial charge in [-0.25, -0.2) is 4.98 Å². The lowest BCUT2D eigenvalue weighted by Crippen LogP contribution is -2.56. The zero-order valence-corrected chi connectivity index (χ0v) is 20.0. The number of nitrogens with one attached hydrogen (secondary N) is 2. The quantitative estimate of drug-likeness (QED) is 0.469. The number of nitrogens with two attached hydrogens (primary N) is 1. The van der Waals surface area contributed by atoms with E-state index in [0.29, 0.717) is 12.5 Å². The third-order valence-electron chi connectivity index (χ3n) is 5.58. The number of carbonyl (C=O) groups is 3. The number of anilines is 1. The van der Waals surface area contributed by atoms with Gasteiger partial charge in [-0.05, 0) is 31.7 Å². The number of imidazole rings is 1. The number of aromatic nitrogens is 2. The first-order valence-corrected chi connectivity index (χ1v) is 11.4. The van der Waals surface area contributed by atoms with E-state index in [4.69, 9.17) is 10.5 Å². The first-order valence-electron chi connectivity index (χ1n) is 11.4. The Hall–Kier alpha value is -3.24. The minimum Gasteiger partial charge on any atom is -0.374 e. The molecule has 4 N–H and O–H groups in total. The maximum Gasteiger partial charge on any atom is 0.250 e. The second-order valence-corrected chi connectivity index (χ2v) is 9.40. The molecule has 0 radical (unpaired) electrons. The number of ether oxygens (including phenoxy) is 1. The molecular formula is C25H38N6O4. The van der Waals surface area contributed by atoms with Crippen LogP contribution in [-0.2, 0) is 32.3 Å². The fourth-order valence-electron chi connectivity index (χ4n) is 3.54. The first-order chi connectivity index (χ1) is 16.1. The largest absolute Gasteiger partial charge is 0.374 e. The Bertz CT molecular complexity index is 985. The Morgan fingerprint density at radius 3 is 2.60 bits per heavy atom. The van der Waals surface area contributed by atoms with Crippen molar-refractivity contribution in [2.75, 3.05) is 25.0 Å². The van der Waals surface area contributed by atoms with Crippen molar-refractivity contribution in [1.29, 1.82) is 0 Å². The van der Waals surface area contributed by atoms with E-state index < -0.39 is 23.4 Å². The molecule has 2 aromatic rings.